The molecule has 170 valence electrons. The predicted molar refractivity (Wildman–Crippen MR) is 134 cm³/mol. The fourth-order valence-electron chi connectivity index (χ4n) is 3.04. The van der Waals surface area contributed by atoms with Crippen molar-refractivity contribution in [1.29, 1.82) is 0 Å². The molecule has 4 rings (SSSR count). The molecule has 10 heteroatoms. The normalized spacial score (nSPS) is 12.3. The first-order valence-corrected chi connectivity index (χ1v) is 11.5. The van der Waals surface area contributed by atoms with Crippen molar-refractivity contribution in [3.05, 3.63) is 63.0 Å². The molecule has 0 atom stereocenters. The Balaban J connectivity index is 1.65. The summed E-state index contributed by atoms with van der Waals surface area (Å²) in [6.45, 7) is 7.77. The molecule has 0 spiro atoms. The summed E-state index contributed by atoms with van der Waals surface area (Å²) >= 11 is 7.38. The van der Waals surface area contributed by atoms with Crippen LogP contribution in [0.2, 0.25) is 5.02 Å². The first-order valence-electron chi connectivity index (χ1n) is 10.3. The number of halogens is 1. The molecule has 3 N–H and O–H groups in total. The van der Waals surface area contributed by atoms with Gasteiger partial charge < -0.3 is 10.4 Å². The molecule has 8 nitrogen and oxygen atoms in total. The number of nitrogens with one attached hydrogen (secondary N) is 3. The number of anilines is 1. The van der Waals surface area contributed by atoms with Gasteiger partial charge in [0.25, 0.3) is 11.5 Å². The minimum absolute atomic E-state index is 0.0627. The Morgan fingerprint density at radius 3 is 2.67 bits per heavy atom. The Morgan fingerprint density at radius 1 is 1.15 bits per heavy atom. The van der Waals surface area contributed by atoms with Crippen LogP contribution in [-0.2, 0) is 11.2 Å². The molecule has 4 aromatic rings. The molecule has 0 fully saturated rings. The molecule has 0 aliphatic carbocycles. The van der Waals surface area contributed by atoms with Crippen LogP contribution < -0.4 is 16.3 Å². The quantitative estimate of drug-likeness (QED) is 0.288. The fraction of sp³-hybridized carbons (Fsp3) is 0.261. The summed E-state index contributed by atoms with van der Waals surface area (Å²) in [6.07, 6.45) is -0.0627. The maximum Gasteiger partial charge on any atom is 0.274 e. The van der Waals surface area contributed by atoms with Gasteiger partial charge in [-0.05, 0) is 63.6 Å². The Morgan fingerprint density at radius 2 is 1.91 bits per heavy atom. The highest BCUT2D eigenvalue weighted by Gasteiger charge is 2.20. The number of hydrogen-bond donors (Lipinski definition) is 3. The van der Waals surface area contributed by atoms with Gasteiger partial charge in [0.1, 0.15) is 11.4 Å². The van der Waals surface area contributed by atoms with Crippen molar-refractivity contribution in [1.82, 2.24) is 20.4 Å². The molecule has 2 heterocycles. The SMILES string of the molecule is Cc1ccc2nc(NC(=O)C(Cc3nc4ccc(Cl)cc4[nH]c3=O)=NNC(C)(C)C)sc2c1. The molecular weight excluding hydrogens is 460 g/mol. The zero-order valence-electron chi connectivity index (χ0n) is 18.6. The Bertz CT molecular complexity index is 1450. The van der Waals surface area contributed by atoms with Gasteiger partial charge in [0.05, 0.1) is 21.3 Å². The van der Waals surface area contributed by atoms with E-state index in [2.05, 4.69) is 30.8 Å². The third-order valence-corrected chi connectivity index (χ3v) is 5.78. The van der Waals surface area contributed by atoms with E-state index in [1.54, 1.807) is 18.2 Å². The largest absolute Gasteiger partial charge is 0.319 e. The highest BCUT2D eigenvalue weighted by molar-refractivity contribution is 7.22. The van der Waals surface area contributed by atoms with Crippen molar-refractivity contribution in [2.24, 2.45) is 5.10 Å². The van der Waals surface area contributed by atoms with Gasteiger partial charge in [-0.1, -0.05) is 29.0 Å². The zero-order valence-corrected chi connectivity index (χ0v) is 20.2. The van der Waals surface area contributed by atoms with Crippen LogP contribution >= 0.6 is 22.9 Å². The lowest BCUT2D eigenvalue weighted by molar-refractivity contribution is -0.110. The van der Waals surface area contributed by atoms with E-state index in [0.717, 1.165) is 15.8 Å². The molecule has 0 saturated heterocycles. The van der Waals surface area contributed by atoms with E-state index in [-0.39, 0.29) is 23.4 Å². The standard InChI is InChI=1S/C23H23ClN6O2S/c1-12-5-7-15-19(9-12)33-22(27-15)28-21(32)18(29-30-23(2,3)4)11-17-20(31)26-16-10-13(24)6-8-14(16)25-17/h5-10,30H,11H2,1-4H3,(H,26,31)(H,27,28,32). The minimum atomic E-state index is -0.458. The number of carbonyl (C=O) groups is 1. The average Bonchev–Trinajstić information content (AvgIpc) is 3.11. The molecule has 0 bridgehead atoms. The number of aromatic nitrogens is 3. The highest BCUT2D eigenvalue weighted by Crippen LogP contribution is 2.26. The summed E-state index contributed by atoms with van der Waals surface area (Å²) < 4.78 is 0.975. The van der Waals surface area contributed by atoms with Gasteiger partial charge in [-0.15, -0.1) is 0 Å². The number of aryl methyl sites for hydroxylation is 1. The lowest BCUT2D eigenvalue weighted by Crippen LogP contribution is -2.36. The van der Waals surface area contributed by atoms with E-state index in [0.29, 0.717) is 21.2 Å². The Hall–Kier alpha value is -3.30. The number of amides is 1. The summed E-state index contributed by atoms with van der Waals surface area (Å²) in [7, 11) is 0. The summed E-state index contributed by atoms with van der Waals surface area (Å²) in [6, 6.07) is 10.9. The number of fused-ring (bicyclic) bond motifs is 2. The van der Waals surface area contributed by atoms with Gasteiger partial charge >= 0.3 is 0 Å². The third kappa shape index (κ3) is 5.55. The number of H-pyrrole nitrogens is 1. The number of nitrogens with zero attached hydrogens (tertiary/aromatic N) is 3. The fourth-order valence-corrected chi connectivity index (χ4v) is 4.17. The molecule has 0 aliphatic rings. The van der Waals surface area contributed by atoms with Gasteiger partial charge in [-0.3, -0.25) is 14.9 Å². The molecule has 0 unspecified atom stereocenters. The smallest absolute Gasteiger partial charge is 0.274 e. The van der Waals surface area contributed by atoms with Gasteiger partial charge in [0, 0.05) is 17.0 Å². The summed E-state index contributed by atoms with van der Waals surface area (Å²) in [5.41, 5.74) is 5.48. The van der Waals surface area contributed by atoms with Crippen LogP contribution in [-0.4, -0.2) is 32.1 Å². The van der Waals surface area contributed by atoms with Crippen LogP contribution in [0.3, 0.4) is 0 Å². The molecule has 33 heavy (non-hydrogen) atoms. The number of aromatic amines is 1. The van der Waals surface area contributed by atoms with Crippen molar-refractivity contribution in [2.75, 3.05) is 5.32 Å². The van der Waals surface area contributed by atoms with Gasteiger partial charge in [0.2, 0.25) is 0 Å². The van der Waals surface area contributed by atoms with E-state index in [4.69, 9.17) is 11.6 Å². The number of thiazole rings is 1. The van der Waals surface area contributed by atoms with E-state index < -0.39 is 11.5 Å². The van der Waals surface area contributed by atoms with Gasteiger partial charge in [-0.2, -0.15) is 5.10 Å². The minimum Gasteiger partial charge on any atom is -0.319 e. The van der Waals surface area contributed by atoms with E-state index in [9.17, 15) is 9.59 Å². The van der Waals surface area contributed by atoms with E-state index in [1.165, 1.54) is 11.3 Å². The zero-order chi connectivity index (χ0) is 23.8. The molecule has 2 aromatic heterocycles. The highest BCUT2D eigenvalue weighted by atomic mass is 35.5. The van der Waals surface area contributed by atoms with Crippen molar-refractivity contribution >= 4 is 60.9 Å². The van der Waals surface area contributed by atoms with Crippen LogP contribution in [0.25, 0.3) is 21.3 Å². The van der Waals surface area contributed by atoms with Crippen molar-refractivity contribution in [3.63, 3.8) is 0 Å². The molecule has 0 saturated carbocycles. The number of hydrazone groups is 1. The van der Waals surface area contributed by atoms with Gasteiger partial charge in [-0.25, -0.2) is 9.97 Å². The Kier molecular flexibility index (Phi) is 6.18. The number of hydrogen-bond acceptors (Lipinski definition) is 7. The van der Waals surface area contributed by atoms with Crippen LogP contribution in [0.1, 0.15) is 32.0 Å². The van der Waals surface area contributed by atoms with Crippen LogP contribution in [0.5, 0.6) is 0 Å². The molecule has 0 aliphatic heterocycles. The second-order valence-corrected chi connectivity index (χ2v) is 10.2. The van der Waals surface area contributed by atoms with E-state index >= 15 is 0 Å². The lowest BCUT2D eigenvalue weighted by atomic mass is 10.1. The van der Waals surface area contributed by atoms with Crippen LogP contribution in [0.15, 0.2) is 46.3 Å². The second kappa shape index (κ2) is 8.92. The molecule has 0 radical (unpaired) electrons. The Labute approximate surface area is 199 Å². The lowest BCUT2D eigenvalue weighted by Gasteiger charge is -2.18. The first-order chi connectivity index (χ1) is 15.6. The summed E-state index contributed by atoms with van der Waals surface area (Å²) in [4.78, 5) is 37.4. The maximum atomic E-state index is 13.1. The van der Waals surface area contributed by atoms with Crippen molar-refractivity contribution in [3.8, 4) is 0 Å². The molecule has 2 aromatic carbocycles. The summed E-state index contributed by atoms with van der Waals surface area (Å²) in [5, 5.41) is 8.07. The first kappa shape index (κ1) is 22.9. The molecular formula is C23H23ClN6O2S. The number of benzene rings is 2. The number of rotatable bonds is 5. The third-order valence-electron chi connectivity index (χ3n) is 4.61. The van der Waals surface area contributed by atoms with E-state index in [1.807, 2.05) is 45.9 Å². The van der Waals surface area contributed by atoms with Gasteiger partial charge in [0.15, 0.2) is 5.13 Å². The average molecular weight is 483 g/mol. The van der Waals surface area contributed by atoms with Crippen LogP contribution in [0.4, 0.5) is 5.13 Å². The molecule has 1 amide bonds. The van der Waals surface area contributed by atoms with Crippen molar-refractivity contribution < 1.29 is 4.79 Å². The number of carbonyl (C=O) groups excluding carboxylic acids is 1. The van der Waals surface area contributed by atoms with Crippen molar-refractivity contribution in [2.45, 2.75) is 39.7 Å². The second-order valence-electron chi connectivity index (χ2n) is 8.72. The topological polar surface area (TPSA) is 112 Å². The monoisotopic (exact) mass is 482 g/mol. The van der Waals surface area contributed by atoms with Crippen LogP contribution in [0, 0.1) is 6.92 Å². The maximum absolute atomic E-state index is 13.1. The predicted octanol–water partition coefficient (Wildman–Crippen LogP) is 4.42. The summed E-state index contributed by atoms with van der Waals surface area (Å²) in [5.74, 6) is -0.458.